The molecule has 206 valence electrons. The molecule has 1 atom stereocenters. The third-order valence-corrected chi connectivity index (χ3v) is 7.59. The maximum atomic E-state index is 12.9. The number of anilines is 1. The molecule has 5 rings (SSSR count). The van der Waals surface area contributed by atoms with Crippen LogP contribution in [0.3, 0.4) is 0 Å². The lowest BCUT2D eigenvalue weighted by Crippen LogP contribution is -2.47. The summed E-state index contributed by atoms with van der Waals surface area (Å²) in [7, 11) is 1.62. The quantitative estimate of drug-likeness (QED) is 0.237. The van der Waals surface area contributed by atoms with Crippen LogP contribution in [0.5, 0.6) is 17.2 Å². The highest BCUT2D eigenvalue weighted by atomic mass is 32.1. The van der Waals surface area contributed by atoms with Crippen LogP contribution in [0.2, 0.25) is 0 Å². The summed E-state index contributed by atoms with van der Waals surface area (Å²) < 4.78 is 17.0. The zero-order valence-electron chi connectivity index (χ0n) is 22.7. The smallest absolute Gasteiger partial charge is 0.338 e. The summed E-state index contributed by atoms with van der Waals surface area (Å²) in [6.07, 6.45) is 2.73. The number of ether oxygens (including phenoxy) is 3. The number of nitrogens with one attached hydrogen (secondary N) is 2. The van der Waals surface area contributed by atoms with Crippen molar-refractivity contribution < 1.29 is 23.8 Å². The molecule has 2 N–H and O–H groups in total. The zero-order valence-corrected chi connectivity index (χ0v) is 23.5. The minimum atomic E-state index is -0.584. The predicted molar refractivity (Wildman–Crippen MR) is 155 cm³/mol. The minimum Gasteiger partial charge on any atom is -0.493 e. The van der Waals surface area contributed by atoms with Gasteiger partial charge in [-0.2, -0.15) is 0 Å². The maximum Gasteiger partial charge on any atom is 0.338 e. The van der Waals surface area contributed by atoms with Gasteiger partial charge >= 0.3 is 5.97 Å². The molecule has 2 heterocycles. The highest BCUT2D eigenvalue weighted by molar-refractivity contribution is 7.13. The van der Waals surface area contributed by atoms with Gasteiger partial charge < -0.3 is 24.8 Å². The maximum absolute atomic E-state index is 12.9. The lowest BCUT2D eigenvalue weighted by Gasteiger charge is -2.37. The van der Waals surface area contributed by atoms with E-state index in [0.29, 0.717) is 34.6 Å². The Labute approximate surface area is 237 Å². The van der Waals surface area contributed by atoms with Gasteiger partial charge in [-0.25, -0.2) is 9.78 Å². The first-order chi connectivity index (χ1) is 19.4. The van der Waals surface area contributed by atoms with Crippen LogP contribution in [0.15, 0.2) is 72.2 Å². The predicted octanol–water partition coefficient (Wildman–Crippen LogP) is 6.18. The van der Waals surface area contributed by atoms with Crippen LogP contribution in [0.4, 0.5) is 5.13 Å². The van der Waals surface area contributed by atoms with Crippen molar-refractivity contribution in [2.75, 3.05) is 25.6 Å². The van der Waals surface area contributed by atoms with E-state index in [-0.39, 0.29) is 18.3 Å². The van der Waals surface area contributed by atoms with Crippen LogP contribution in [0.25, 0.3) is 11.1 Å². The van der Waals surface area contributed by atoms with E-state index in [2.05, 4.69) is 15.6 Å². The number of nitrogens with zero attached hydrogens (tertiary/aromatic N) is 1. The molecule has 1 aliphatic rings. The van der Waals surface area contributed by atoms with Gasteiger partial charge in [0.05, 0.1) is 19.3 Å². The minimum absolute atomic E-state index is 0.109. The van der Waals surface area contributed by atoms with E-state index < -0.39 is 5.54 Å². The van der Waals surface area contributed by atoms with Gasteiger partial charge in [-0.05, 0) is 78.9 Å². The Morgan fingerprint density at radius 1 is 1.05 bits per heavy atom. The summed E-state index contributed by atoms with van der Waals surface area (Å²) in [6.45, 7) is 4.91. The topological polar surface area (TPSA) is 98.8 Å². The Bertz CT molecular complexity index is 1490. The fourth-order valence-electron chi connectivity index (χ4n) is 4.91. The second kappa shape index (κ2) is 11.9. The fraction of sp³-hybridized carbons (Fsp3) is 0.258. The Kier molecular flexibility index (Phi) is 8.14. The Balaban J connectivity index is 1.35. The lowest BCUT2D eigenvalue weighted by atomic mass is 9.81. The van der Waals surface area contributed by atoms with Crippen LogP contribution in [0, 0.1) is 0 Å². The van der Waals surface area contributed by atoms with E-state index in [1.54, 1.807) is 32.4 Å². The van der Waals surface area contributed by atoms with Gasteiger partial charge in [-0.1, -0.05) is 24.3 Å². The van der Waals surface area contributed by atoms with Crippen molar-refractivity contribution in [2.45, 2.75) is 32.2 Å². The molecule has 0 bridgehead atoms. The molecule has 3 aromatic carbocycles. The molecule has 1 amide bonds. The van der Waals surface area contributed by atoms with Gasteiger partial charge in [0.1, 0.15) is 5.75 Å². The molecular formula is C31H31N3O5S. The average molecular weight is 558 g/mol. The highest BCUT2D eigenvalue weighted by Crippen LogP contribution is 2.41. The lowest BCUT2D eigenvalue weighted by molar-refractivity contribution is -0.117. The molecule has 40 heavy (non-hydrogen) atoms. The third-order valence-electron chi connectivity index (χ3n) is 6.90. The number of carbonyl (C=O) groups is 2. The molecule has 1 aromatic heterocycles. The average Bonchev–Trinajstić information content (AvgIpc) is 3.46. The number of hydrogen-bond acceptors (Lipinski definition) is 8. The molecule has 0 unspecified atom stereocenters. The van der Waals surface area contributed by atoms with Gasteiger partial charge in [-0.3, -0.25) is 4.79 Å². The van der Waals surface area contributed by atoms with Gasteiger partial charge in [0.15, 0.2) is 16.6 Å². The number of methoxy groups -OCH3 is 1. The normalized spacial score (nSPS) is 16.1. The number of amides is 1. The second-order valence-corrected chi connectivity index (χ2v) is 10.6. The molecule has 0 radical (unpaired) electrons. The molecule has 4 aromatic rings. The molecule has 8 nitrogen and oxygen atoms in total. The number of rotatable bonds is 9. The van der Waals surface area contributed by atoms with Crippen molar-refractivity contribution in [1.29, 1.82) is 0 Å². The van der Waals surface area contributed by atoms with Crippen LogP contribution in [-0.2, 0) is 21.5 Å². The van der Waals surface area contributed by atoms with Crippen molar-refractivity contribution in [2.24, 2.45) is 0 Å². The van der Waals surface area contributed by atoms with Gasteiger partial charge in [0, 0.05) is 30.1 Å². The summed E-state index contributed by atoms with van der Waals surface area (Å²) in [5, 5.41) is 8.83. The summed E-state index contributed by atoms with van der Waals surface area (Å²) in [6, 6.07) is 19.0. The third kappa shape index (κ3) is 6.00. The molecule has 0 fully saturated rings. The van der Waals surface area contributed by atoms with E-state index >= 15 is 0 Å². The monoisotopic (exact) mass is 557 g/mol. The Morgan fingerprint density at radius 3 is 2.42 bits per heavy atom. The number of carbonyl (C=O) groups excluding carboxylic acids is 2. The summed E-state index contributed by atoms with van der Waals surface area (Å²) >= 11 is 1.39. The van der Waals surface area contributed by atoms with Crippen LogP contribution < -0.4 is 20.1 Å². The molecule has 0 aliphatic carbocycles. The van der Waals surface area contributed by atoms with Crippen molar-refractivity contribution in [3.05, 3.63) is 88.9 Å². The second-order valence-electron chi connectivity index (χ2n) is 9.66. The number of benzene rings is 3. The summed E-state index contributed by atoms with van der Waals surface area (Å²) in [4.78, 5) is 28.9. The molecule has 0 saturated carbocycles. The molecule has 0 saturated heterocycles. The Morgan fingerprint density at radius 2 is 1.77 bits per heavy atom. The first kappa shape index (κ1) is 27.4. The zero-order chi connectivity index (χ0) is 28.1. The SMILES string of the molecule is CCOC(=O)c1ccc(-c2ccc(Oc3cc4c(cc3OC)CCN[C@]4(C)CC(=O)Nc3nccs3)cc2)cc1. The van der Waals surface area contributed by atoms with Gasteiger partial charge in [0.25, 0.3) is 0 Å². The van der Waals surface area contributed by atoms with Gasteiger partial charge in [-0.15, -0.1) is 11.3 Å². The van der Waals surface area contributed by atoms with Crippen LogP contribution in [-0.4, -0.2) is 37.1 Å². The summed E-state index contributed by atoms with van der Waals surface area (Å²) in [5.74, 6) is 1.42. The molecule has 9 heteroatoms. The first-order valence-electron chi connectivity index (χ1n) is 13.1. The molecule has 0 spiro atoms. The van der Waals surface area contributed by atoms with E-state index in [4.69, 9.17) is 14.2 Å². The molecule has 1 aliphatic heterocycles. The van der Waals surface area contributed by atoms with E-state index in [9.17, 15) is 9.59 Å². The number of thiazole rings is 1. The van der Waals surface area contributed by atoms with Crippen molar-refractivity contribution >= 4 is 28.3 Å². The number of fused-ring (bicyclic) bond motifs is 1. The highest BCUT2D eigenvalue weighted by Gasteiger charge is 2.35. The Hall–Kier alpha value is -4.21. The van der Waals surface area contributed by atoms with E-state index in [0.717, 1.165) is 35.2 Å². The van der Waals surface area contributed by atoms with E-state index in [1.165, 1.54) is 11.3 Å². The van der Waals surface area contributed by atoms with E-state index in [1.807, 2.05) is 60.8 Å². The van der Waals surface area contributed by atoms with Crippen molar-refractivity contribution in [1.82, 2.24) is 10.3 Å². The van der Waals surface area contributed by atoms with Crippen LogP contribution in [0.1, 0.15) is 41.8 Å². The van der Waals surface area contributed by atoms with Gasteiger partial charge in [0.2, 0.25) is 5.91 Å². The molecular weight excluding hydrogens is 526 g/mol. The van der Waals surface area contributed by atoms with Crippen molar-refractivity contribution in [3.63, 3.8) is 0 Å². The summed E-state index contributed by atoms with van der Waals surface area (Å²) in [5.41, 5.74) is 4.02. The number of aromatic nitrogens is 1. The fourth-order valence-corrected chi connectivity index (χ4v) is 5.46. The number of esters is 1. The standard InChI is InChI=1S/C31H31N3O5S/c1-4-38-29(36)22-7-5-20(6-8-22)21-9-11-24(12-10-21)39-27-18-25-23(17-26(27)37-3)13-14-33-31(25,2)19-28(35)34-30-32-15-16-40-30/h5-12,15-18,33H,4,13-14,19H2,1-3H3,(H,32,34,35)/t31-/m1/s1. The van der Waals surface area contributed by atoms with Crippen molar-refractivity contribution in [3.8, 4) is 28.4 Å². The van der Waals surface area contributed by atoms with Crippen LogP contribution >= 0.6 is 11.3 Å². The number of hydrogen-bond donors (Lipinski definition) is 2. The first-order valence-corrected chi connectivity index (χ1v) is 14.0. The largest absolute Gasteiger partial charge is 0.493 e.